The lowest BCUT2D eigenvalue weighted by molar-refractivity contribution is -0.143. The van der Waals surface area contributed by atoms with Gasteiger partial charge in [-0.15, -0.1) is 0 Å². The predicted molar refractivity (Wildman–Crippen MR) is 112 cm³/mol. The van der Waals surface area contributed by atoms with E-state index >= 15 is 0 Å². The first-order chi connectivity index (χ1) is 15.5. The number of amides is 1. The number of para-hydroxylation sites is 1. The van der Waals surface area contributed by atoms with Gasteiger partial charge in [0.2, 0.25) is 0 Å². The largest absolute Gasteiger partial charge is 0.416 e. The summed E-state index contributed by atoms with van der Waals surface area (Å²) in [5.41, 5.74) is -2.31. The monoisotopic (exact) mass is 470 g/mol. The van der Waals surface area contributed by atoms with E-state index in [2.05, 4.69) is 17.0 Å². The SMILES string of the molecule is O=C(c1cc(C(F)(F)F)cc(C(F)(F)F)c1)N1CCC2(CC1)CCN(c1ccccc1)CC2. The van der Waals surface area contributed by atoms with Crippen molar-refractivity contribution in [1.29, 1.82) is 0 Å². The maximum Gasteiger partial charge on any atom is 0.416 e. The molecule has 2 aliphatic heterocycles. The second-order valence-corrected chi connectivity index (χ2v) is 8.91. The average Bonchev–Trinajstić information content (AvgIpc) is 2.79. The molecule has 2 heterocycles. The van der Waals surface area contributed by atoms with E-state index in [-0.39, 0.29) is 11.5 Å². The van der Waals surface area contributed by atoms with E-state index in [0.29, 0.717) is 38.1 Å². The van der Waals surface area contributed by atoms with E-state index in [9.17, 15) is 31.1 Å². The molecule has 0 aromatic heterocycles. The molecule has 2 saturated heterocycles. The number of piperidine rings is 2. The summed E-state index contributed by atoms with van der Waals surface area (Å²) in [4.78, 5) is 16.5. The number of hydrogen-bond acceptors (Lipinski definition) is 2. The Morgan fingerprint density at radius 1 is 0.727 bits per heavy atom. The maximum atomic E-state index is 13.1. The third-order valence-corrected chi connectivity index (χ3v) is 6.89. The molecule has 0 saturated carbocycles. The third kappa shape index (κ3) is 5.12. The Bertz CT molecular complexity index is 952. The molecule has 9 heteroatoms. The van der Waals surface area contributed by atoms with Crippen LogP contribution in [0.2, 0.25) is 0 Å². The van der Waals surface area contributed by atoms with Gasteiger partial charge in [0, 0.05) is 37.4 Å². The normalized spacial score (nSPS) is 19.1. The Labute approximate surface area is 188 Å². The Morgan fingerprint density at radius 3 is 1.70 bits per heavy atom. The Balaban J connectivity index is 1.44. The molecule has 0 radical (unpaired) electrons. The fourth-order valence-corrected chi connectivity index (χ4v) is 4.82. The fraction of sp³-hybridized carbons (Fsp3) is 0.458. The summed E-state index contributed by atoms with van der Waals surface area (Å²) >= 11 is 0. The molecule has 0 N–H and O–H groups in total. The van der Waals surface area contributed by atoms with Gasteiger partial charge < -0.3 is 9.80 Å². The number of nitrogens with zero attached hydrogens (tertiary/aromatic N) is 2. The van der Waals surface area contributed by atoms with Crippen molar-refractivity contribution >= 4 is 11.6 Å². The highest BCUT2D eigenvalue weighted by Gasteiger charge is 2.41. The summed E-state index contributed by atoms with van der Waals surface area (Å²) in [6.07, 6.45) is -6.71. The van der Waals surface area contributed by atoms with E-state index in [1.165, 1.54) is 4.90 Å². The Morgan fingerprint density at radius 2 is 1.21 bits per heavy atom. The van der Waals surface area contributed by atoms with Gasteiger partial charge in [0.15, 0.2) is 0 Å². The molecule has 0 unspecified atom stereocenters. The molecule has 1 spiro atoms. The van der Waals surface area contributed by atoms with Gasteiger partial charge >= 0.3 is 12.4 Å². The van der Waals surface area contributed by atoms with Crippen LogP contribution in [0.4, 0.5) is 32.0 Å². The van der Waals surface area contributed by atoms with Crippen LogP contribution in [0.5, 0.6) is 0 Å². The van der Waals surface area contributed by atoms with Crippen LogP contribution in [0.15, 0.2) is 48.5 Å². The average molecular weight is 470 g/mol. The molecule has 2 fully saturated rings. The van der Waals surface area contributed by atoms with Crippen molar-refractivity contribution in [2.75, 3.05) is 31.1 Å². The molecule has 33 heavy (non-hydrogen) atoms. The van der Waals surface area contributed by atoms with Crippen molar-refractivity contribution < 1.29 is 31.1 Å². The van der Waals surface area contributed by atoms with Crippen molar-refractivity contribution in [1.82, 2.24) is 4.90 Å². The predicted octanol–water partition coefficient (Wildman–Crippen LogP) is 6.25. The number of carbonyl (C=O) groups is 1. The highest BCUT2D eigenvalue weighted by Crippen LogP contribution is 2.43. The van der Waals surface area contributed by atoms with E-state index in [0.717, 1.165) is 31.6 Å². The smallest absolute Gasteiger partial charge is 0.371 e. The number of likely N-dealkylation sites (tertiary alicyclic amines) is 1. The molecule has 0 bridgehead atoms. The maximum absolute atomic E-state index is 13.1. The van der Waals surface area contributed by atoms with Crippen molar-refractivity contribution in [2.24, 2.45) is 5.41 Å². The van der Waals surface area contributed by atoms with Gasteiger partial charge in [-0.25, -0.2) is 0 Å². The van der Waals surface area contributed by atoms with Gasteiger partial charge in [0.1, 0.15) is 0 Å². The van der Waals surface area contributed by atoms with Crippen LogP contribution in [-0.4, -0.2) is 37.0 Å². The van der Waals surface area contributed by atoms with Crippen LogP contribution in [0, 0.1) is 5.41 Å². The van der Waals surface area contributed by atoms with Crippen LogP contribution in [0.1, 0.15) is 47.2 Å². The van der Waals surface area contributed by atoms with Crippen LogP contribution in [-0.2, 0) is 12.4 Å². The summed E-state index contributed by atoms with van der Waals surface area (Å²) in [6, 6.07) is 11.1. The van der Waals surface area contributed by atoms with Gasteiger partial charge in [-0.05, 0) is 61.4 Å². The summed E-state index contributed by atoms with van der Waals surface area (Å²) < 4.78 is 78.8. The number of halogens is 6. The number of hydrogen-bond donors (Lipinski definition) is 0. The molecule has 1 amide bonds. The molecule has 0 aliphatic carbocycles. The number of benzene rings is 2. The molecule has 4 rings (SSSR count). The van der Waals surface area contributed by atoms with E-state index in [1.807, 2.05) is 18.2 Å². The van der Waals surface area contributed by atoms with Crippen LogP contribution in [0.25, 0.3) is 0 Å². The van der Waals surface area contributed by atoms with E-state index in [4.69, 9.17) is 0 Å². The zero-order chi connectivity index (χ0) is 23.9. The molecule has 0 atom stereocenters. The van der Waals surface area contributed by atoms with Crippen molar-refractivity contribution in [3.8, 4) is 0 Å². The third-order valence-electron chi connectivity index (χ3n) is 6.89. The number of rotatable bonds is 2. The molecule has 2 aromatic rings. The first-order valence-corrected chi connectivity index (χ1v) is 10.9. The number of anilines is 1. The van der Waals surface area contributed by atoms with E-state index in [1.54, 1.807) is 0 Å². The standard InChI is InChI=1S/C24H24F6N2O/c25-23(26,27)18-14-17(15-19(16-18)24(28,29)30)21(33)32-12-8-22(9-13-32)6-10-31(11-7-22)20-4-2-1-3-5-20/h1-5,14-16H,6-13H2. The Hall–Kier alpha value is -2.71. The zero-order valence-corrected chi connectivity index (χ0v) is 17.8. The Kier molecular flexibility index (Phi) is 6.09. The number of carbonyl (C=O) groups excluding carboxylic acids is 1. The minimum Gasteiger partial charge on any atom is -0.371 e. The molecule has 178 valence electrons. The highest BCUT2D eigenvalue weighted by atomic mass is 19.4. The van der Waals surface area contributed by atoms with Gasteiger partial charge in [-0.3, -0.25) is 4.79 Å². The topological polar surface area (TPSA) is 23.6 Å². The van der Waals surface area contributed by atoms with Crippen LogP contribution >= 0.6 is 0 Å². The van der Waals surface area contributed by atoms with Crippen molar-refractivity contribution in [3.05, 3.63) is 65.2 Å². The minimum absolute atomic E-state index is 0.0441. The first kappa shape index (κ1) is 23.4. The van der Waals surface area contributed by atoms with Gasteiger partial charge in [0.25, 0.3) is 5.91 Å². The minimum atomic E-state index is -4.98. The number of alkyl halides is 6. The second kappa shape index (κ2) is 8.57. The molecule has 2 aliphatic rings. The molecule has 3 nitrogen and oxygen atoms in total. The zero-order valence-electron chi connectivity index (χ0n) is 17.8. The lowest BCUT2D eigenvalue weighted by atomic mass is 9.71. The summed E-state index contributed by atoms with van der Waals surface area (Å²) in [5, 5.41) is 0. The molecular weight excluding hydrogens is 446 g/mol. The second-order valence-electron chi connectivity index (χ2n) is 8.91. The van der Waals surface area contributed by atoms with Crippen LogP contribution in [0.3, 0.4) is 0 Å². The van der Waals surface area contributed by atoms with Gasteiger partial charge in [0.05, 0.1) is 11.1 Å². The fourth-order valence-electron chi connectivity index (χ4n) is 4.82. The lowest BCUT2D eigenvalue weighted by Gasteiger charge is -2.47. The van der Waals surface area contributed by atoms with Gasteiger partial charge in [-0.1, -0.05) is 18.2 Å². The highest BCUT2D eigenvalue weighted by molar-refractivity contribution is 5.94. The van der Waals surface area contributed by atoms with Crippen molar-refractivity contribution in [2.45, 2.75) is 38.0 Å². The molecule has 2 aromatic carbocycles. The molecular formula is C24H24F6N2O. The summed E-state index contributed by atoms with van der Waals surface area (Å²) in [5.74, 6) is -0.789. The first-order valence-electron chi connectivity index (χ1n) is 10.9. The van der Waals surface area contributed by atoms with Crippen LogP contribution < -0.4 is 4.90 Å². The summed E-state index contributed by atoms with van der Waals surface area (Å²) in [6.45, 7) is 2.39. The lowest BCUT2D eigenvalue weighted by Crippen LogP contribution is -2.48. The van der Waals surface area contributed by atoms with E-state index < -0.39 is 35.0 Å². The van der Waals surface area contributed by atoms with Crippen molar-refractivity contribution in [3.63, 3.8) is 0 Å². The van der Waals surface area contributed by atoms with Gasteiger partial charge in [-0.2, -0.15) is 26.3 Å². The summed E-state index contributed by atoms with van der Waals surface area (Å²) in [7, 11) is 0. The quantitative estimate of drug-likeness (QED) is 0.485.